The quantitative estimate of drug-likeness (QED) is 0.925. The molecule has 1 aromatic carbocycles. The predicted molar refractivity (Wildman–Crippen MR) is 84.6 cm³/mol. The lowest BCUT2D eigenvalue weighted by Gasteiger charge is -2.33. The van der Waals surface area contributed by atoms with Crippen LogP contribution in [0.3, 0.4) is 0 Å². The van der Waals surface area contributed by atoms with Crippen molar-refractivity contribution in [2.75, 3.05) is 19.7 Å². The van der Waals surface area contributed by atoms with Gasteiger partial charge in [-0.3, -0.25) is 0 Å². The minimum Gasteiger partial charge on any atom is -0.370 e. The van der Waals surface area contributed by atoms with Gasteiger partial charge in [-0.2, -0.15) is 0 Å². The second kappa shape index (κ2) is 7.39. The Morgan fingerprint density at radius 2 is 2.21 bits per heavy atom. The number of rotatable bonds is 4. The van der Waals surface area contributed by atoms with Crippen molar-refractivity contribution in [2.24, 2.45) is 0 Å². The van der Waals surface area contributed by atoms with Crippen LogP contribution in [0.1, 0.15) is 24.4 Å². The van der Waals surface area contributed by atoms with E-state index in [0.29, 0.717) is 32.1 Å². The van der Waals surface area contributed by atoms with Gasteiger partial charge in [-0.25, -0.2) is 9.18 Å². The van der Waals surface area contributed by atoms with Crippen molar-refractivity contribution in [1.82, 2.24) is 25.0 Å². The molecule has 1 N–H and O–H groups in total. The van der Waals surface area contributed by atoms with E-state index in [9.17, 15) is 9.18 Å². The molecule has 0 unspecified atom stereocenters. The number of carbonyl (C=O) groups is 1. The van der Waals surface area contributed by atoms with Crippen molar-refractivity contribution in [1.29, 1.82) is 0 Å². The minimum absolute atomic E-state index is 0.170. The summed E-state index contributed by atoms with van der Waals surface area (Å²) in [5.74, 6) is 0.429. The summed E-state index contributed by atoms with van der Waals surface area (Å²) in [5, 5.41) is 10.7. The first-order chi connectivity index (χ1) is 11.7. The Bertz CT molecular complexity index is 688. The highest BCUT2D eigenvalue weighted by molar-refractivity contribution is 5.74. The van der Waals surface area contributed by atoms with Crippen molar-refractivity contribution < 1.29 is 13.9 Å². The number of morpholine rings is 1. The van der Waals surface area contributed by atoms with Gasteiger partial charge in [0.2, 0.25) is 0 Å². The largest absolute Gasteiger partial charge is 0.370 e. The average molecular weight is 333 g/mol. The summed E-state index contributed by atoms with van der Waals surface area (Å²) in [4.78, 5) is 14.1. The topological polar surface area (TPSA) is 72.3 Å². The van der Waals surface area contributed by atoms with Crippen molar-refractivity contribution in [3.05, 3.63) is 47.8 Å². The number of urea groups is 1. The van der Waals surface area contributed by atoms with Gasteiger partial charge in [0.05, 0.1) is 19.7 Å². The smallest absolute Gasteiger partial charge is 0.317 e. The maximum Gasteiger partial charge on any atom is 0.317 e. The molecule has 128 valence electrons. The molecule has 0 bridgehead atoms. The Hall–Kier alpha value is -2.48. The highest BCUT2D eigenvalue weighted by atomic mass is 19.1. The highest BCUT2D eigenvalue weighted by Gasteiger charge is 2.25. The van der Waals surface area contributed by atoms with Gasteiger partial charge in [0.15, 0.2) is 5.82 Å². The molecule has 8 heteroatoms. The van der Waals surface area contributed by atoms with Crippen LogP contribution in [0.25, 0.3) is 0 Å². The zero-order chi connectivity index (χ0) is 16.9. The van der Waals surface area contributed by atoms with E-state index in [4.69, 9.17) is 4.74 Å². The third-order valence-electron chi connectivity index (χ3n) is 4.03. The Kier molecular flexibility index (Phi) is 5.05. The van der Waals surface area contributed by atoms with Gasteiger partial charge >= 0.3 is 6.03 Å². The van der Waals surface area contributed by atoms with Crippen LogP contribution in [0.2, 0.25) is 0 Å². The maximum absolute atomic E-state index is 13.0. The Labute approximate surface area is 139 Å². The third kappa shape index (κ3) is 3.70. The van der Waals surface area contributed by atoms with Crippen molar-refractivity contribution in [3.63, 3.8) is 0 Å². The average Bonchev–Trinajstić information content (AvgIpc) is 3.08. The van der Waals surface area contributed by atoms with Crippen LogP contribution in [0, 0.1) is 5.82 Å². The SMILES string of the molecule is CCn1cnnc1CNC(=O)N1CCO[C@@H](c2ccc(F)cc2)C1. The lowest BCUT2D eigenvalue weighted by atomic mass is 10.1. The molecule has 24 heavy (non-hydrogen) atoms. The molecule has 1 aliphatic heterocycles. The fourth-order valence-electron chi connectivity index (χ4n) is 2.66. The van der Waals surface area contributed by atoms with E-state index in [-0.39, 0.29) is 18.0 Å². The van der Waals surface area contributed by atoms with Crippen molar-refractivity contribution in [2.45, 2.75) is 26.1 Å². The number of nitrogens with zero attached hydrogens (tertiary/aromatic N) is 4. The number of hydrogen-bond donors (Lipinski definition) is 1. The zero-order valence-electron chi connectivity index (χ0n) is 13.5. The molecule has 0 spiro atoms. The van der Waals surface area contributed by atoms with E-state index in [1.807, 2.05) is 11.5 Å². The summed E-state index contributed by atoms with van der Waals surface area (Å²) >= 11 is 0. The normalized spacial score (nSPS) is 17.8. The van der Waals surface area contributed by atoms with Gasteiger partial charge in [0.25, 0.3) is 0 Å². The third-order valence-corrected chi connectivity index (χ3v) is 4.03. The molecule has 7 nitrogen and oxygen atoms in total. The first-order valence-corrected chi connectivity index (χ1v) is 7.94. The second-order valence-corrected chi connectivity index (χ2v) is 5.55. The first-order valence-electron chi connectivity index (χ1n) is 7.94. The zero-order valence-corrected chi connectivity index (χ0v) is 13.5. The molecule has 1 aromatic heterocycles. The Morgan fingerprint density at radius 1 is 1.42 bits per heavy atom. The number of benzene rings is 1. The van der Waals surface area contributed by atoms with E-state index < -0.39 is 0 Å². The van der Waals surface area contributed by atoms with Gasteiger partial charge in [-0.1, -0.05) is 12.1 Å². The number of halogens is 1. The molecular formula is C16H20FN5O2. The lowest BCUT2D eigenvalue weighted by molar-refractivity contribution is -0.0155. The number of ether oxygens (including phenoxy) is 1. The summed E-state index contributed by atoms with van der Waals surface area (Å²) in [7, 11) is 0. The fourth-order valence-corrected chi connectivity index (χ4v) is 2.66. The number of nitrogens with one attached hydrogen (secondary N) is 1. The van der Waals surface area contributed by atoms with Crippen LogP contribution in [0.5, 0.6) is 0 Å². The molecule has 2 aromatic rings. The Balaban J connectivity index is 1.57. The van der Waals surface area contributed by atoms with Crippen LogP contribution < -0.4 is 5.32 Å². The molecule has 3 rings (SSSR count). The van der Waals surface area contributed by atoms with E-state index in [0.717, 1.165) is 12.1 Å². The van der Waals surface area contributed by atoms with Gasteiger partial charge in [-0.05, 0) is 24.6 Å². The van der Waals surface area contributed by atoms with Gasteiger partial charge in [0, 0.05) is 13.1 Å². The summed E-state index contributed by atoms with van der Waals surface area (Å²) in [6.07, 6.45) is 1.39. The molecule has 1 atom stereocenters. The molecular weight excluding hydrogens is 313 g/mol. The van der Waals surface area contributed by atoms with Crippen LogP contribution in [0.15, 0.2) is 30.6 Å². The number of aromatic nitrogens is 3. The number of hydrogen-bond acceptors (Lipinski definition) is 4. The van der Waals surface area contributed by atoms with Gasteiger partial charge in [0.1, 0.15) is 18.2 Å². The molecule has 2 amide bonds. The number of carbonyl (C=O) groups excluding carboxylic acids is 1. The van der Waals surface area contributed by atoms with Crippen LogP contribution in [-0.4, -0.2) is 45.4 Å². The van der Waals surface area contributed by atoms with E-state index >= 15 is 0 Å². The summed E-state index contributed by atoms with van der Waals surface area (Å²) in [6.45, 7) is 4.46. The number of aryl methyl sites for hydroxylation is 1. The summed E-state index contributed by atoms with van der Waals surface area (Å²) in [6, 6.07) is 6.00. The van der Waals surface area contributed by atoms with Gasteiger partial charge in [-0.15, -0.1) is 10.2 Å². The first kappa shape index (κ1) is 16.4. The second-order valence-electron chi connectivity index (χ2n) is 5.55. The maximum atomic E-state index is 13.0. The molecule has 0 aliphatic carbocycles. The Morgan fingerprint density at radius 3 is 2.96 bits per heavy atom. The van der Waals surface area contributed by atoms with E-state index in [2.05, 4.69) is 15.5 Å². The summed E-state index contributed by atoms with van der Waals surface area (Å²) < 4.78 is 20.6. The molecule has 0 saturated carbocycles. The van der Waals surface area contributed by atoms with E-state index in [1.54, 1.807) is 23.4 Å². The van der Waals surface area contributed by atoms with Crippen LogP contribution in [0.4, 0.5) is 9.18 Å². The molecule has 1 aliphatic rings. The predicted octanol–water partition coefficient (Wildman–Crippen LogP) is 1.72. The highest BCUT2D eigenvalue weighted by Crippen LogP contribution is 2.22. The standard InChI is InChI=1S/C16H20FN5O2/c1-2-21-11-19-20-15(21)9-18-16(23)22-7-8-24-14(10-22)12-3-5-13(17)6-4-12/h3-6,11,14H,2,7-10H2,1H3,(H,18,23)/t14-/m1/s1. The van der Waals surface area contributed by atoms with Crippen LogP contribution in [-0.2, 0) is 17.8 Å². The van der Waals surface area contributed by atoms with Crippen LogP contribution >= 0.6 is 0 Å². The molecule has 1 saturated heterocycles. The fraction of sp³-hybridized carbons (Fsp3) is 0.438. The number of amides is 2. The van der Waals surface area contributed by atoms with Crippen molar-refractivity contribution in [3.8, 4) is 0 Å². The minimum atomic E-state index is -0.288. The summed E-state index contributed by atoms with van der Waals surface area (Å²) in [5.41, 5.74) is 0.861. The van der Waals surface area contributed by atoms with Crippen molar-refractivity contribution >= 4 is 6.03 Å². The molecule has 0 radical (unpaired) electrons. The molecule has 1 fully saturated rings. The van der Waals surface area contributed by atoms with E-state index in [1.165, 1.54) is 12.1 Å². The monoisotopic (exact) mass is 333 g/mol. The van der Waals surface area contributed by atoms with Gasteiger partial charge < -0.3 is 19.5 Å². The molecule has 2 heterocycles. The lowest BCUT2D eigenvalue weighted by Crippen LogP contribution is -2.47.